The van der Waals surface area contributed by atoms with E-state index >= 15 is 0 Å². The summed E-state index contributed by atoms with van der Waals surface area (Å²) in [6.45, 7) is -0.593. The van der Waals surface area contributed by atoms with Gasteiger partial charge in [-0.25, -0.2) is 8.42 Å². The van der Waals surface area contributed by atoms with Crippen molar-refractivity contribution in [1.82, 2.24) is 4.31 Å². The number of halogens is 4. The topological polar surface area (TPSA) is 66.5 Å². The minimum Gasteiger partial charge on any atom is -0.324 e. The maximum atomic E-state index is 12.8. The first-order valence-electron chi connectivity index (χ1n) is 7.20. The molecule has 0 spiro atoms. The summed E-state index contributed by atoms with van der Waals surface area (Å²) in [4.78, 5) is 11.5. The Bertz CT molecular complexity index is 917. The van der Waals surface area contributed by atoms with Gasteiger partial charge in [-0.2, -0.15) is 17.5 Å². The molecule has 140 valence electrons. The largest absolute Gasteiger partial charge is 0.416 e. The minimum atomic E-state index is -4.68. The van der Waals surface area contributed by atoms with Crippen LogP contribution in [0.2, 0.25) is 5.02 Å². The molecular weight excluding hydrogens is 393 g/mol. The van der Waals surface area contributed by atoms with Crippen molar-refractivity contribution in [3.63, 3.8) is 0 Å². The van der Waals surface area contributed by atoms with Crippen LogP contribution in [0, 0.1) is 0 Å². The number of hydrogen-bond acceptors (Lipinski definition) is 3. The van der Waals surface area contributed by atoms with Crippen LogP contribution in [0.25, 0.3) is 0 Å². The quantitative estimate of drug-likeness (QED) is 0.824. The summed E-state index contributed by atoms with van der Waals surface area (Å²) >= 11 is 5.90. The Balaban J connectivity index is 2.16. The smallest absolute Gasteiger partial charge is 0.324 e. The van der Waals surface area contributed by atoms with Crippen molar-refractivity contribution in [3.05, 3.63) is 59.1 Å². The first kappa shape index (κ1) is 20.2. The van der Waals surface area contributed by atoms with Crippen LogP contribution in [-0.2, 0) is 21.0 Å². The number of carbonyl (C=O) groups excluding carboxylic acids is 1. The molecule has 2 aromatic carbocycles. The van der Waals surface area contributed by atoms with E-state index in [1.54, 1.807) is 18.2 Å². The van der Waals surface area contributed by atoms with Crippen LogP contribution in [0.3, 0.4) is 0 Å². The third-order valence-electron chi connectivity index (χ3n) is 3.38. The number of amides is 1. The molecule has 26 heavy (non-hydrogen) atoms. The van der Waals surface area contributed by atoms with E-state index in [0.29, 0.717) is 16.1 Å². The van der Waals surface area contributed by atoms with Gasteiger partial charge < -0.3 is 5.32 Å². The number of likely N-dealkylation sites (N-methyl/N-ethyl adjacent to an activating group) is 1. The number of sulfonamides is 1. The number of para-hydroxylation sites is 1. The Morgan fingerprint density at radius 1 is 1.15 bits per heavy atom. The van der Waals surface area contributed by atoms with E-state index in [2.05, 4.69) is 5.32 Å². The number of alkyl halides is 3. The monoisotopic (exact) mass is 406 g/mol. The van der Waals surface area contributed by atoms with Crippen molar-refractivity contribution < 1.29 is 26.4 Å². The number of anilines is 1. The van der Waals surface area contributed by atoms with Gasteiger partial charge in [0, 0.05) is 7.05 Å². The van der Waals surface area contributed by atoms with E-state index in [9.17, 15) is 26.4 Å². The first-order chi connectivity index (χ1) is 12.0. The summed E-state index contributed by atoms with van der Waals surface area (Å²) < 4.78 is 63.8. The maximum absolute atomic E-state index is 12.8. The number of hydrogen-bond donors (Lipinski definition) is 1. The van der Waals surface area contributed by atoms with Gasteiger partial charge in [0.15, 0.2) is 0 Å². The second kappa shape index (κ2) is 7.65. The SMILES string of the molecule is CN(CC(=O)Nc1ccccc1Cl)S(=O)(=O)c1cccc(C(F)(F)F)c1. The zero-order chi connectivity index (χ0) is 19.5. The van der Waals surface area contributed by atoms with Crippen LogP contribution in [0.15, 0.2) is 53.4 Å². The molecule has 0 aromatic heterocycles. The molecular formula is C16H14ClF3N2O3S. The van der Waals surface area contributed by atoms with E-state index < -0.39 is 39.1 Å². The lowest BCUT2D eigenvalue weighted by Gasteiger charge is -2.18. The lowest BCUT2D eigenvalue weighted by Crippen LogP contribution is -2.35. The molecule has 0 atom stereocenters. The molecule has 0 radical (unpaired) electrons. The van der Waals surface area contributed by atoms with Gasteiger partial charge in [-0.3, -0.25) is 4.79 Å². The van der Waals surface area contributed by atoms with E-state index in [1.807, 2.05) is 0 Å². The van der Waals surface area contributed by atoms with Crippen molar-refractivity contribution in [1.29, 1.82) is 0 Å². The minimum absolute atomic E-state index is 0.268. The molecule has 0 unspecified atom stereocenters. The standard InChI is InChI=1S/C16H14ClF3N2O3S/c1-22(10-15(23)21-14-8-3-2-7-13(14)17)26(24,25)12-6-4-5-11(9-12)16(18,19)20/h2-9H,10H2,1H3,(H,21,23). The number of nitrogens with one attached hydrogen (secondary N) is 1. The third kappa shape index (κ3) is 4.75. The Morgan fingerprint density at radius 2 is 1.81 bits per heavy atom. The van der Waals surface area contributed by atoms with Gasteiger partial charge >= 0.3 is 6.18 Å². The molecule has 0 saturated carbocycles. The summed E-state index contributed by atoms with van der Waals surface area (Å²) in [6.07, 6.45) is -4.68. The van der Waals surface area contributed by atoms with Crippen LogP contribution >= 0.6 is 11.6 Å². The third-order valence-corrected chi connectivity index (χ3v) is 5.51. The van der Waals surface area contributed by atoms with Gasteiger partial charge in [0.05, 0.1) is 27.7 Å². The molecule has 0 aliphatic carbocycles. The van der Waals surface area contributed by atoms with Gasteiger partial charge in [-0.1, -0.05) is 29.8 Å². The zero-order valence-electron chi connectivity index (χ0n) is 13.4. The van der Waals surface area contributed by atoms with Crippen molar-refractivity contribution >= 4 is 33.2 Å². The predicted octanol–water partition coefficient (Wildman–Crippen LogP) is 3.62. The van der Waals surface area contributed by atoms with E-state index in [1.165, 1.54) is 6.07 Å². The van der Waals surface area contributed by atoms with Gasteiger partial charge in [0.25, 0.3) is 0 Å². The number of carbonyl (C=O) groups is 1. The highest BCUT2D eigenvalue weighted by Crippen LogP contribution is 2.31. The van der Waals surface area contributed by atoms with E-state index in [-0.39, 0.29) is 5.02 Å². The second-order valence-electron chi connectivity index (χ2n) is 5.31. The molecule has 0 heterocycles. The number of nitrogens with zero attached hydrogens (tertiary/aromatic N) is 1. The summed E-state index contributed by atoms with van der Waals surface area (Å²) in [5.41, 5.74) is -0.795. The van der Waals surface area contributed by atoms with E-state index in [0.717, 1.165) is 25.2 Å². The van der Waals surface area contributed by atoms with Crippen LogP contribution < -0.4 is 5.32 Å². The molecule has 0 saturated heterocycles. The molecule has 0 aliphatic rings. The number of benzene rings is 2. The summed E-state index contributed by atoms with van der Waals surface area (Å²) in [7, 11) is -3.18. The predicted molar refractivity (Wildman–Crippen MR) is 91.3 cm³/mol. The average Bonchev–Trinajstić information content (AvgIpc) is 2.56. The molecule has 1 amide bonds. The molecule has 0 bridgehead atoms. The van der Waals surface area contributed by atoms with Crippen LogP contribution in [-0.4, -0.2) is 32.2 Å². The highest BCUT2D eigenvalue weighted by molar-refractivity contribution is 7.89. The Hall–Kier alpha value is -2.10. The summed E-state index contributed by atoms with van der Waals surface area (Å²) in [5, 5.41) is 2.71. The van der Waals surface area contributed by atoms with Crippen LogP contribution in [0.5, 0.6) is 0 Å². The molecule has 0 aliphatic heterocycles. The molecule has 2 aromatic rings. The average molecular weight is 407 g/mol. The highest BCUT2D eigenvalue weighted by Gasteiger charge is 2.32. The maximum Gasteiger partial charge on any atom is 0.416 e. The van der Waals surface area contributed by atoms with Crippen LogP contribution in [0.1, 0.15) is 5.56 Å². The summed E-state index contributed by atoms with van der Waals surface area (Å²) in [5.74, 6) is -0.684. The molecule has 5 nitrogen and oxygen atoms in total. The van der Waals surface area contributed by atoms with Crippen molar-refractivity contribution in [2.75, 3.05) is 18.9 Å². The van der Waals surface area contributed by atoms with E-state index in [4.69, 9.17) is 11.6 Å². The van der Waals surface area contributed by atoms with Gasteiger partial charge in [-0.05, 0) is 30.3 Å². The molecule has 10 heteroatoms. The van der Waals surface area contributed by atoms with Gasteiger partial charge in [-0.15, -0.1) is 0 Å². The number of rotatable bonds is 5. The second-order valence-corrected chi connectivity index (χ2v) is 7.77. The van der Waals surface area contributed by atoms with Gasteiger partial charge in [0.2, 0.25) is 15.9 Å². The lowest BCUT2D eigenvalue weighted by atomic mass is 10.2. The zero-order valence-corrected chi connectivity index (χ0v) is 15.0. The van der Waals surface area contributed by atoms with Crippen molar-refractivity contribution in [2.24, 2.45) is 0 Å². The summed E-state index contributed by atoms with van der Waals surface area (Å²) in [6, 6.07) is 9.68. The van der Waals surface area contributed by atoms with Crippen molar-refractivity contribution in [2.45, 2.75) is 11.1 Å². The highest BCUT2D eigenvalue weighted by atomic mass is 35.5. The fourth-order valence-corrected chi connectivity index (χ4v) is 3.41. The normalized spacial score (nSPS) is 12.2. The Labute approximate surface area is 153 Å². The Morgan fingerprint density at radius 3 is 2.42 bits per heavy atom. The Kier molecular flexibility index (Phi) is 5.94. The fourth-order valence-electron chi connectivity index (χ4n) is 2.05. The molecule has 1 N–H and O–H groups in total. The fraction of sp³-hybridized carbons (Fsp3) is 0.188. The lowest BCUT2D eigenvalue weighted by molar-refractivity contribution is -0.137. The van der Waals surface area contributed by atoms with Crippen LogP contribution in [0.4, 0.5) is 18.9 Å². The van der Waals surface area contributed by atoms with Gasteiger partial charge in [0.1, 0.15) is 0 Å². The van der Waals surface area contributed by atoms with Crippen molar-refractivity contribution in [3.8, 4) is 0 Å². The first-order valence-corrected chi connectivity index (χ1v) is 9.01. The molecule has 2 rings (SSSR count). The molecule has 0 fully saturated rings.